The number of nitrogens with one attached hydrogen (secondary N) is 3. The lowest BCUT2D eigenvalue weighted by Crippen LogP contribution is -2.50. The molecular weight excluding hydrogens is 449 g/mol. The number of carbonyl (C=O) groups is 3. The van der Waals surface area contributed by atoms with Gasteiger partial charge in [-0.2, -0.15) is 13.2 Å². The highest BCUT2D eigenvalue weighted by Gasteiger charge is 2.49. The number of hydrogen-bond acceptors (Lipinski definition) is 7. The van der Waals surface area contributed by atoms with Crippen LogP contribution in [-0.2, 0) is 9.53 Å². The van der Waals surface area contributed by atoms with Crippen LogP contribution in [0.15, 0.2) is 18.2 Å². The van der Waals surface area contributed by atoms with Crippen LogP contribution in [0.4, 0.5) is 29.3 Å². The number of rotatable bonds is 5. The number of ether oxygens (including phenoxy) is 1. The fraction of sp³-hybridized carbons (Fsp3) is 0.550. The minimum atomic E-state index is -4.49. The quantitative estimate of drug-likeness (QED) is 0.602. The molecule has 2 aliphatic heterocycles. The maximum Gasteiger partial charge on any atom is 0.427 e. The van der Waals surface area contributed by atoms with Crippen molar-refractivity contribution >= 4 is 41.0 Å². The summed E-state index contributed by atoms with van der Waals surface area (Å²) < 4.78 is 45.1. The third-order valence-electron chi connectivity index (χ3n) is 5.18. The van der Waals surface area contributed by atoms with Gasteiger partial charge >= 0.3 is 12.3 Å². The molecule has 1 aromatic carbocycles. The van der Waals surface area contributed by atoms with E-state index in [1.165, 1.54) is 34.9 Å². The number of imide groups is 1. The summed E-state index contributed by atoms with van der Waals surface area (Å²) in [6, 6.07) is 3.90. The molecule has 0 aromatic heterocycles. The summed E-state index contributed by atoms with van der Waals surface area (Å²) in [6.07, 6.45) is -6.76. The lowest BCUT2D eigenvalue weighted by atomic mass is 10.1. The number of alkyl carbamates (subject to hydrolysis) is 1. The second-order valence-corrected chi connectivity index (χ2v) is 8.94. The van der Waals surface area contributed by atoms with Gasteiger partial charge in [-0.3, -0.25) is 14.9 Å². The van der Waals surface area contributed by atoms with Gasteiger partial charge in [0, 0.05) is 11.6 Å². The molecule has 0 spiro atoms. The first-order valence-corrected chi connectivity index (χ1v) is 11.2. The molecule has 0 bridgehead atoms. The van der Waals surface area contributed by atoms with Crippen molar-refractivity contribution in [1.82, 2.24) is 10.6 Å². The van der Waals surface area contributed by atoms with Crippen LogP contribution < -0.4 is 20.9 Å². The number of benzene rings is 1. The zero-order valence-corrected chi connectivity index (χ0v) is 18.6. The van der Waals surface area contributed by atoms with E-state index >= 15 is 0 Å². The molecule has 1 aromatic rings. The first-order chi connectivity index (χ1) is 15.0. The molecule has 0 radical (unpaired) electrons. The van der Waals surface area contributed by atoms with Crippen LogP contribution in [0.3, 0.4) is 0 Å². The summed E-state index contributed by atoms with van der Waals surface area (Å²) in [6.45, 7) is 5.06. The van der Waals surface area contributed by atoms with Gasteiger partial charge in [0.25, 0.3) is 5.91 Å². The molecule has 8 nitrogen and oxygen atoms in total. The van der Waals surface area contributed by atoms with Crippen molar-refractivity contribution < 1.29 is 32.3 Å². The molecule has 3 N–H and O–H groups in total. The number of carbonyl (C=O) groups excluding carboxylic acids is 3. The zero-order valence-electron chi connectivity index (χ0n) is 17.8. The largest absolute Gasteiger partial charge is 0.450 e. The van der Waals surface area contributed by atoms with Gasteiger partial charge in [-0.05, 0) is 51.1 Å². The molecule has 2 aliphatic rings. The summed E-state index contributed by atoms with van der Waals surface area (Å²) in [5.41, 5.74) is 0.741. The molecule has 3 amide bonds. The molecule has 0 saturated carbocycles. The lowest BCUT2D eigenvalue weighted by molar-refractivity contribution is -0.142. The summed E-state index contributed by atoms with van der Waals surface area (Å²) in [5.74, 6) is -1.09. The fourth-order valence-corrected chi connectivity index (χ4v) is 5.09. The Morgan fingerprint density at radius 3 is 2.66 bits per heavy atom. The van der Waals surface area contributed by atoms with Crippen molar-refractivity contribution in [2.75, 3.05) is 22.6 Å². The van der Waals surface area contributed by atoms with Crippen molar-refractivity contribution in [3.63, 3.8) is 0 Å². The predicted octanol–water partition coefficient (Wildman–Crippen LogP) is 3.30. The lowest BCUT2D eigenvalue weighted by Gasteiger charge is -2.31. The van der Waals surface area contributed by atoms with Gasteiger partial charge in [0.05, 0.1) is 29.3 Å². The average molecular weight is 475 g/mol. The first kappa shape index (κ1) is 24.0. The molecule has 12 heteroatoms. The molecule has 3 atom stereocenters. The first-order valence-electron chi connectivity index (χ1n) is 10.2. The van der Waals surface area contributed by atoms with Gasteiger partial charge in [-0.25, -0.2) is 4.79 Å². The molecule has 2 heterocycles. The van der Waals surface area contributed by atoms with Gasteiger partial charge in [0.2, 0.25) is 5.91 Å². The van der Waals surface area contributed by atoms with Crippen molar-refractivity contribution in [1.29, 1.82) is 0 Å². The fourth-order valence-electron chi connectivity index (χ4n) is 3.76. The summed E-state index contributed by atoms with van der Waals surface area (Å²) in [4.78, 5) is 37.8. The Labute approximate surface area is 187 Å². The molecule has 0 aliphatic carbocycles. The van der Waals surface area contributed by atoms with E-state index < -0.39 is 47.6 Å². The molecule has 32 heavy (non-hydrogen) atoms. The average Bonchev–Trinajstić information content (AvgIpc) is 3.31. The Hall–Kier alpha value is -2.63. The number of fused-ring (bicyclic) bond motifs is 1. The highest BCUT2D eigenvalue weighted by Crippen LogP contribution is 2.42. The van der Waals surface area contributed by atoms with Crippen LogP contribution >= 0.6 is 11.8 Å². The van der Waals surface area contributed by atoms with Gasteiger partial charge in [0.1, 0.15) is 0 Å². The Kier molecular flexibility index (Phi) is 7.11. The maximum absolute atomic E-state index is 13.5. The maximum atomic E-state index is 13.5. The Bertz CT molecular complexity index is 896. The van der Waals surface area contributed by atoms with E-state index in [0.29, 0.717) is 17.9 Å². The highest BCUT2D eigenvalue weighted by atomic mass is 32.2. The number of hydrogen-bond donors (Lipinski definition) is 3. The Morgan fingerprint density at radius 2 is 2.03 bits per heavy atom. The molecule has 1 saturated heterocycles. The number of nitrogens with zero attached hydrogens (tertiary/aromatic N) is 1. The second kappa shape index (κ2) is 9.47. The number of amides is 3. The third-order valence-corrected chi connectivity index (χ3v) is 6.45. The summed E-state index contributed by atoms with van der Waals surface area (Å²) in [7, 11) is 0. The summed E-state index contributed by atoms with van der Waals surface area (Å²) >= 11 is 1.36. The van der Waals surface area contributed by atoms with Crippen LogP contribution in [0.1, 0.15) is 37.6 Å². The predicted molar refractivity (Wildman–Crippen MR) is 115 cm³/mol. The molecular formula is C20H25F3N4O4S. The van der Waals surface area contributed by atoms with E-state index in [1.54, 1.807) is 20.8 Å². The molecule has 176 valence electrons. The second-order valence-electron chi connectivity index (χ2n) is 7.69. The van der Waals surface area contributed by atoms with Crippen molar-refractivity contribution in [2.24, 2.45) is 5.92 Å². The van der Waals surface area contributed by atoms with Gasteiger partial charge < -0.3 is 20.3 Å². The summed E-state index contributed by atoms with van der Waals surface area (Å²) in [5, 5.41) is 6.77. The molecule has 3 unspecified atom stereocenters. The number of thioether (sulfide) groups is 1. The normalized spacial score (nSPS) is 22.3. The minimum Gasteiger partial charge on any atom is -0.450 e. The molecule has 1 fully saturated rings. The monoisotopic (exact) mass is 474 g/mol. The number of alkyl halides is 3. The van der Waals surface area contributed by atoms with Gasteiger partial charge in [0.15, 0.2) is 6.17 Å². The van der Waals surface area contributed by atoms with Gasteiger partial charge in [-0.1, -0.05) is 0 Å². The standard InChI is InChI=1S/C20H25F3N4O4S/c1-4-31-19(30)26-16(29)12-7-8-32-17(12)25-15(28)11-5-6-14-13(9-11)24-18(20(21,22)23)27(14)10(2)3/h5-6,9-10,12,17-18,24H,4,7-8H2,1-3H3,(H,25,28)(H,26,29,30). The van der Waals surface area contributed by atoms with Crippen molar-refractivity contribution in [2.45, 2.75) is 50.9 Å². The van der Waals surface area contributed by atoms with E-state index in [2.05, 4.69) is 16.0 Å². The van der Waals surface area contributed by atoms with Crippen LogP contribution in [0.2, 0.25) is 0 Å². The smallest absolute Gasteiger partial charge is 0.427 e. The molecule has 3 rings (SSSR count). The Morgan fingerprint density at radius 1 is 1.31 bits per heavy atom. The van der Waals surface area contributed by atoms with Crippen LogP contribution in [0.25, 0.3) is 0 Å². The van der Waals surface area contributed by atoms with Crippen LogP contribution in [0.5, 0.6) is 0 Å². The third kappa shape index (κ3) is 5.05. The topological polar surface area (TPSA) is 99.8 Å². The minimum absolute atomic E-state index is 0.120. The number of anilines is 2. The number of halogens is 3. The van der Waals surface area contributed by atoms with Crippen LogP contribution in [0, 0.1) is 5.92 Å². The van der Waals surface area contributed by atoms with Gasteiger partial charge in [-0.15, -0.1) is 11.8 Å². The SMILES string of the molecule is CCOC(=O)NC(=O)C1CCSC1NC(=O)c1ccc2c(c1)NC(C(F)(F)F)N2C(C)C. The van der Waals surface area contributed by atoms with E-state index in [9.17, 15) is 27.6 Å². The van der Waals surface area contributed by atoms with E-state index in [4.69, 9.17) is 4.74 Å². The Balaban J connectivity index is 1.72. The van der Waals surface area contributed by atoms with Crippen molar-refractivity contribution in [3.8, 4) is 0 Å². The van der Waals surface area contributed by atoms with E-state index in [1.807, 2.05) is 0 Å². The highest BCUT2D eigenvalue weighted by molar-refractivity contribution is 8.00. The van der Waals surface area contributed by atoms with E-state index in [0.717, 1.165) is 0 Å². The zero-order chi connectivity index (χ0) is 23.6. The van der Waals surface area contributed by atoms with E-state index in [-0.39, 0.29) is 17.9 Å². The van der Waals surface area contributed by atoms with Crippen molar-refractivity contribution in [3.05, 3.63) is 23.8 Å². The van der Waals surface area contributed by atoms with Crippen LogP contribution in [-0.4, -0.2) is 54.0 Å².